The van der Waals surface area contributed by atoms with Gasteiger partial charge in [0.15, 0.2) is 0 Å². The third kappa shape index (κ3) is 3.09. The zero-order chi connectivity index (χ0) is 16.3. The summed E-state index contributed by atoms with van der Waals surface area (Å²) < 4.78 is 5.63. The highest BCUT2D eigenvalue weighted by Gasteiger charge is 2.54. The summed E-state index contributed by atoms with van der Waals surface area (Å²) in [5, 5.41) is 3.25. The van der Waals surface area contributed by atoms with Gasteiger partial charge in [-0.3, -0.25) is 14.5 Å². The highest BCUT2D eigenvalue weighted by molar-refractivity contribution is 6.10. The number of hydrogen-bond donors (Lipinski definition) is 1. The average molecular weight is 324 g/mol. The highest BCUT2D eigenvalue weighted by atomic mass is 16.5. The fraction of sp³-hybridized carbons (Fsp3) is 0.875. The molecule has 2 amide bonds. The minimum Gasteiger partial charge on any atom is -0.377 e. The number of carbonyl (C=O) groups excluding carboxylic acids is 2. The number of amides is 2. The van der Waals surface area contributed by atoms with E-state index >= 15 is 0 Å². The Morgan fingerprint density at radius 3 is 2.13 bits per heavy atom. The smallest absolute Gasteiger partial charge is 0.255 e. The van der Waals surface area contributed by atoms with Gasteiger partial charge < -0.3 is 19.9 Å². The van der Waals surface area contributed by atoms with E-state index in [9.17, 15) is 9.59 Å². The molecular weight excluding hydrogens is 296 g/mol. The monoisotopic (exact) mass is 324 g/mol. The molecule has 0 aromatic rings. The number of nitrogens with zero attached hydrogens (tertiary/aromatic N) is 3. The van der Waals surface area contributed by atoms with Crippen LogP contribution in [0.4, 0.5) is 0 Å². The van der Waals surface area contributed by atoms with E-state index in [2.05, 4.69) is 5.32 Å². The van der Waals surface area contributed by atoms with Crippen molar-refractivity contribution in [2.75, 3.05) is 66.1 Å². The van der Waals surface area contributed by atoms with Crippen molar-refractivity contribution in [1.29, 1.82) is 0 Å². The Morgan fingerprint density at radius 2 is 1.52 bits per heavy atom. The van der Waals surface area contributed by atoms with E-state index in [-0.39, 0.29) is 18.4 Å². The van der Waals surface area contributed by atoms with E-state index in [4.69, 9.17) is 4.74 Å². The summed E-state index contributed by atoms with van der Waals surface area (Å²) in [6.07, 6.45) is 3.21. The first-order valence-corrected chi connectivity index (χ1v) is 8.75. The van der Waals surface area contributed by atoms with Gasteiger partial charge in [-0.1, -0.05) is 0 Å². The van der Waals surface area contributed by atoms with Gasteiger partial charge in [-0.05, 0) is 26.3 Å². The summed E-state index contributed by atoms with van der Waals surface area (Å²) in [5.41, 5.74) is -1.17. The van der Waals surface area contributed by atoms with Crippen molar-refractivity contribution in [2.45, 2.75) is 24.8 Å². The summed E-state index contributed by atoms with van der Waals surface area (Å²) in [4.78, 5) is 32.2. The van der Waals surface area contributed by atoms with E-state index in [1.165, 1.54) is 0 Å². The molecule has 0 aromatic carbocycles. The lowest BCUT2D eigenvalue weighted by molar-refractivity contribution is -0.171. The van der Waals surface area contributed by atoms with Crippen molar-refractivity contribution >= 4 is 11.8 Å². The van der Waals surface area contributed by atoms with Gasteiger partial charge in [0.2, 0.25) is 5.54 Å². The van der Waals surface area contributed by atoms with Crippen LogP contribution in [-0.4, -0.2) is 98.1 Å². The van der Waals surface area contributed by atoms with Crippen LogP contribution in [-0.2, 0) is 14.3 Å². The molecule has 3 aliphatic rings. The van der Waals surface area contributed by atoms with Gasteiger partial charge in [0.05, 0.1) is 13.2 Å². The fourth-order valence-corrected chi connectivity index (χ4v) is 3.75. The van der Waals surface area contributed by atoms with Crippen molar-refractivity contribution in [3.63, 3.8) is 0 Å². The van der Waals surface area contributed by atoms with E-state index in [0.717, 1.165) is 45.4 Å². The van der Waals surface area contributed by atoms with E-state index in [0.29, 0.717) is 26.2 Å². The van der Waals surface area contributed by atoms with Gasteiger partial charge in [-0.2, -0.15) is 0 Å². The predicted octanol–water partition coefficient (Wildman–Crippen LogP) is -0.868. The molecule has 3 rings (SSSR count). The highest BCUT2D eigenvalue weighted by Crippen LogP contribution is 2.26. The van der Waals surface area contributed by atoms with Crippen LogP contribution in [0.2, 0.25) is 0 Å². The lowest BCUT2D eigenvalue weighted by atomic mass is 9.91. The average Bonchev–Trinajstić information content (AvgIpc) is 2.62. The van der Waals surface area contributed by atoms with Crippen molar-refractivity contribution in [1.82, 2.24) is 20.0 Å². The SMILES string of the molecule is CN1CCOCC1(C(=O)N1CCCCC1)C(=O)N1CCNCC1. The quantitative estimate of drug-likeness (QED) is 0.669. The van der Waals surface area contributed by atoms with Crippen LogP contribution in [0.25, 0.3) is 0 Å². The molecule has 0 aromatic heterocycles. The zero-order valence-electron chi connectivity index (χ0n) is 14.1. The van der Waals surface area contributed by atoms with Gasteiger partial charge in [-0.15, -0.1) is 0 Å². The first kappa shape index (κ1) is 16.7. The molecule has 1 N–H and O–H groups in total. The molecule has 1 atom stereocenters. The molecule has 3 aliphatic heterocycles. The molecule has 3 heterocycles. The maximum Gasteiger partial charge on any atom is 0.255 e. The van der Waals surface area contributed by atoms with Gasteiger partial charge in [0.1, 0.15) is 0 Å². The van der Waals surface area contributed by atoms with Crippen LogP contribution in [0.1, 0.15) is 19.3 Å². The summed E-state index contributed by atoms with van der Waals surface area (Å²) >= 11 is 0. The van der Waals surface area contributed by atoms with Crippen molar-refractivity contribution in [2.24, 2.45) is 0 Å². The number of likely N-dealkylation sites (N-methyl/N-ethyl adjacent to an activating group) is 1. The normalized spacial score (nSPS) is 30.3. The molecule has 0 spiro atoms. The molecule has 1 unspecified atom stereocenters. The Hall–Kier alpha value is -1.18. The molecule has 23 heavy (non-hydrogen) atoms. The Kier molecular flexibility index (Phi) is 5.18. The standard InChI is InChI=1S/C16H28N4O3/c1-18-11-12-23-13-16(18,14(21)19-7-3-2-4-8-19)15(22)20-9-5-17-6-10-20/h17H,2-13H2,1H3. The van der Waals surface area contributed by atoms with Crippen molar-refractivity contribution < 1.29 is 14.3 Å². The molecular formula is C16H28N4O3. The van der Waals surface area contributed by atoms with E-state index < -0.39 is 5.54 Å². The van der Waals surface area contributed by atoms with Crippen LogP contribution in [0.3, 0.4) is 0 Å². The number of carbonyl (C=O) groups is 2. The Balaban J connectivity index is 1.86. The van der Waals surface area contributed by atoms with E-state index in [1.54, 1.807) is 0 Å². The van der Waals surface area contributed by atoms with Crippen molar-refractivity contribution in [3.05, 3.63) is 0 Å². The summed E-state index contributed by atoms with van der Waals surface area (Å²) in [6.45, 7) is 5.73. The molecule has 0 bridgehead atoms. The Labute approximate surface area is 137 Å². The Morgan fingerprint density at radius 1 is 0.913 bits per heavy atom. The van der Waals surface area contributed by atoms with Crippen LogP contribution in [0.5, 0.6) is 0 Å². The maximum absolute atomic E-state index is 13.3. The third-order valence-electron chi connectivity index (χ3n) is 5.29. The minimum absolute atomic E-state index is 0.0667. The summed E-state index contributed by atoms with van der Waals surface area (Å²) in [5.74, 6) is -0.153. The summed E-state index contributed by atoms with van der Waals surface area (Å²) in [7, 11) is 1.88. The first-order valence-electron chi connectivity index (χ1n) is 8.75. The number of rotatable bonds is 2. The third-order valence-corrected chi connectivity index (χ3v) is 5.29. The number of piperidine rings is 1. The number of morpholine rings is 1. The van der Waals surface area contributed by atoms with E-state index in [1.807, 2.05) is 21.7 Å². The second kappa shape index (κ2) is 7.15. The molecule has 130 valence electrons. The summed E-state index contributed by atoms with van der Waals surface area (Å²) in [6, 6.07) is 0. The first-order chi connectivity index (χ1) is 11.2. The van der Waals surface area contributed by atoms with Gasteiger partial charge in [0, 0.05) is 45.8 Å². The van der Waals surface area contributed by atoms with Gasteiger partial charge >= 0.3 is 0 Å². The molecule has 0 aliphatic carbocycles. The largest absolute Gasteiger partial charge is 0.377 e. The zero-order valence-corrected chi connectivity index (χ0v) is 14.1. The number of hydrogen-bond acceptors (Lipinski definition) is 5. The molecule has 0 radical (unpaired) electrons. The maximum atomic E-state index is 13.3. The van der Waals surface area contributed by atoms with Gasteiger partial charge in [0.25, 0.3) is 11.8 Å². The fourth-order valence-electron chi connectivity index (χ4n) is 3.75. The second-order valence-corrected chi connectivity index (χ2v) is 6.73. The second-order valence-electron chi connectivity index (χ2n) is 6.73. The number of nitrogens with one attached hydrogen (secondary N) is 1. The van der Waals surface area contributed by atoms with Crippen LogP contribution < -0.4 is 5.32 Å². The lowest BCUT2D eigenvalue weighted by Crippen LogP contribution is -2.72. The number of piperazine rings is 1. The van der Waals surface area contributed by atoms with Crippen LogP contribution in [0, 0.1) is 0 Å². The lowest BCUT2D eigenvalue weighted by Gasteiger charge is -2.47. The molecule has 3 saturated heterocycles. The molecule has 7 heteroatoms. The van der Waals surface area contributed by atoms with Crippen LogP contribution >= 0.6 is 0 Å². The number of likely N-dealkylation sites (tertiary alicyclic amines) is 1. The Bertz CT molecular complexity index is 415. The minimum atomic E-state index is -1.17. The van der Waals surface area contributed by atoms with Gasteiger partial charge in [-0.25, -0.2) is 0 Å². The van der Waals surface area contributed by atoms with Crippen LogP contribution in [0.15, 0.2) is 0 Å². The predicted molar refractivity (Wildman–Crippen MR) is 86.1 cm³/mol. The molecule has 0 saturated carbocycles. The molecule has 7 nitrogen and oxygen atoms in total. The molecule has 3 fully saturated rings. The topological polar surface area (TPSA) is 65.1 Å². The van der Waals surface area contributed by atoms with Crippen molar-refractivity contribution in [3.8, 4) is 0 Å². The number of ether oxygens (including phenoxy) is 1.